The van der Waals surface area contributed by atoms with E-state index < -0.39 is 11.4 Å². The van der Waals surface area contributed by atoms with E-state index in [1.807, 2.05) is 20.8 Å². The van der Waals surface area contributed by atoms with Gasteiger partial charge in [-0.15, -0.1) is 0 Å². The van der Waals surface area contributed by atoms with Crippen molar-refractivity contribution in [2.24, 2.45) is 0 Å². The fourth-order valence-electron chi connectivity index (χ4n) is 1.86. The molecule has 5 nitrogen and oxygen atoms in total. The van der Waals surface area contributed by atoms with Crippen LogP contribution >= 0.6 is 15.9 Å². The van der Waals surface area contributed by atoms with Crippen LogP contribution in [-0.2, 0) is 11.0 Å². The Morgan fingerprint density at radius 3 is 2.43 bits per heavy atom. The summed E-state index contributed by atoms with van der Waals surface area (Å²) in [7, 11) is 0. The fourth-order valence-corrected chi connectivity index (χ4v) is 2.39. The van der Waals surface area contributed by atoms with E-state index in [4.69, 9.17) is 4.52 Å². The standard InChI is InChI=1S/C16H19BrFN3O2/c1-15(2,3)14-19-13(21-23-14)16(4,5)20-12(22)10-7-6-9(18)8-11(10)17/h6-8H,1-5H3,(H,20,22). The quantitative estimate of drug-likeness (QED) is 0.871. The maximum atomic E-state index is 13.1. The molecule has 0 saturated carbocycles. The number of halogens is 2. The number of amides is 1. The Bertz CT molecular complexity index is 735. The molecule has 1 aromatic heterocycles. The third-order valence-electron chi connectivity index (χ3n) is 3.23. The summed E-state index contributed by atoms with van der Waals surface area (Å²) in [5.41, 5.74) is -0.775. The van der Waals surface area contributed by atoms with Gasteiger partial charge in [0.2, 0.25) is 5.89 Å². The summed E-state index contributed by atoms with van der Waals surface area (Å²) in [6, 6.07) is 3.90. The number of hydrogen-bond acceptors (Lipinski definition) is 4. The van der Waals surface area contributed by atoms with Crippen molar-refractivity contribution in [2.45, 2.75) is 45.6 Å². The summed E-state index contributed by atoms with van der Waals surface area (Å²) < 4.78 is 18.8. The highest BCUT2D eigenvalue weighted by Gasteiger charge is 2.32. The zero-order chi connectivity index (χ0) is 17.4. The number of carbonyl (C=O) groups is 1. The minimum Gasteiger partial charge on any atom is -0.340 e. The van der Waals surface area contributed by atoms with Crippen LogP contribution in [0.15, 0.2) is 27.2 Å². The first-order valence-corrected chi connectivity index (χ1v) is 7.92. The Morgan fingerprint density at radius 2 is 1.91 bits per heavy atom. The van der Waals surface area contributed by atoms with E-state index in [1.165, 1.54) is 18.2 Å². The third kappa shape index (κ3) is 3.96. The molecule has 2 rings (SSSR count). The molecule has 2 aromatic rings. The number of hydrogen-bond donors (Lipinski definition) is 1. The number of nitrogens with zero attached hydrogens (tertiary/aromatic N) is 2. The Labute approximate surface area is 142 Å². The van der Waals surface area contributed by atoms with Gasteiger partial charge in [-0.2, -0.15) is 4.98 Å². The highest BCUT2D eigenvalue weighted by molar-refractivity contribution is 9.10. The molecule has 1 amide bonds. The molecule has 1 aromatic carbocycles. The molecule has 124 valence electrons. The summed E-state index contributed by atoms with van der Waals surface area (Å²) in [5.74, 6) is 0.108. The summed E-state index contributed by atoms with van der Waals surface area (Å²) in [6.07, 6.45) is 0. The zero-order valence-electron chi connectivity index (χ0n) is 13.7. The molecule has 0 fully saturated rings. The number of benzene rings is 1. The lowest BCUT2D eigenvalue weighted by Gasteiger charge is -2.22. The van der Waals surface area contributed by atoms with Crippen molar-refractivity contribution in [2.75, 3.05) is 0 Å². The smallest absolute Gasteiger partial charge is 0.253 e. The molecule has 0 atom stereocenters. The van der Waals surface area contributed by atoms with Crippen molar-refractivity contribution in [1.29, 1.82) is 0 Å². The van der Waals surface area contributed by atoms with Crippen LogP contribution < -0.4 is 5.32 Å². The Morgan fingerprint density at radius 1 is 1.26 bits per heavy atom. The van der Waals surface area contributed by atoms with Crippen LogP contribution in [0.5, 0.6) is 0 Å². The number of aromatic nitrogens is 2. The van der Waals surface area contributed by atoms with Crippen LogP contribution in [0.1, 0.15) is 56.7 Å². The monoisotopic (exact) mass is 383 g/mol. The van der Waals surface area contributed by atoms with Gasteiger partial charge in [-0.1, -0.05) is 25.9 Å². The average molecular weight is 384 g/mol. The topological polar surface area (TPSA) is 68.0 Å². The lowest BCUT2D eigenvalue weighted by atomic mass is 9.97. The third-order valence-corrected chi connectivity index (χ3v) is 3.88. The van der Waals surface area contributed by atoms with Crippen LogP contribution in [0, 0.1) is 5.82 Å². The minimum atomic E-state index is -0.835. The van der Waals surface area contributed by atoms with E-state index in [-0.39, 0.29) is 11.3 Å². The van der Waals surface area contributed by atoms with Gasteiger partial charge in [-0.25, -0.2) is 4.39 Å². The molecule has 0 aliphatic heterocycles. The largest absolute Gasteiger partial charge is 0.340 e. The van der Waals surface area contributed by atoms with E-state index in [9.17, 15) is 9.18 Å². The van der Waals surface area contributed by atoms with Crippen molar-refractivity contribution in [3.8, 4) is 0 Å². The van der Waals surface area contributed by atoms with Gasteiger partial charge in [-0.3, -0.25) is 4.79 Å². The second-order valence-corrected chi connectivity index (χ2v) is 7.73. The number of rotatable bonds is 3. The van der Waals surface area contributed by atoms with Gasteiger partial charge in [0, 0.05) is 9.89 Å². The van der Waals surface area contributed by atoms with Gasteiger partial charge in [0.15, 0.2) is 5.82 Å². The molecule has 0 bridgehead atoms. The maximum absolute atomic E-state index is 13.1. The van der Waals surface area contributed by atoms with Gasteiger partial charge in [0.1, 0.15) is 5.82 Å². The van der Waals surface area contributed by atoms with Gasteiger partial charge in [0.05, 0.1) is 11.1 Å². The van der Waals surface area contributed by atoms with Gasteiger partial charge in [0.25, 0.3) is 5.91 Å². The van der Waals surface area contributed by atoms with Gasteiger partial charge >= 0.3 is 0 Å². The molecule has 0 spiro atoms. The molecular weight excluding hydrogens is 365 g/mol. The van der Waals surface area contributed by atoms with E-state index in [0.717, 1.165) is 0 Å². The predicted molar refractivity (Wildman–Crippen MR) is 87.6 cm³/mol. The number of carbonyl (C=O) groups excluding carboxylic acids is 1. The highest BCUT2D eigenvalue weighted by atomic mass is 79.9. The Kier molecular flexibility index (Phi) is 4.61. The molecule has 7 heteroatoms. The van der Waals surface area contributed by atoms with Crippen LogP contribution in [-0.4, -0.2) is 16.0 Å². The van der Waals surface area contributed by atoms with E-state index >= 15 is 0 Å². The fraction of sp³-hybridized carbons (Fsp3) is 0.438. The Balaban J connectivity index is 2.23. The normalized spacial score (nSPS) is 12.3. The first kappa shape index (κ1) is 17.6. The minimum absolute atomic E-state index is 0.272. The SMILES string of the molecule is CC(C)(C)c1nc(C(C)(C)NC(=O)c2ccc(F)cc2Br)no1. The lowest BCUT2D eigenvalue weighted by Crippen LogP contribution is -2.42. The molecule has 1 heterocycles. The average Bonchev–Trinajstić information content (AvgIpc) is 2.87. The molecule has 0 unspecified atom stereocenters. The van der Waals surface area contributed by atoms with Crippen molar-refractivity contribution in [3.05, 3.63) is 45.8 Å². The highest BCUT2D eigenvalue weighted by Crippen LogP contribution is 2.25. The first-order valence-electron chi connectivity index (χ1n) is 7.13. The molecule has 1 N–H and O–H groups in total. The molecule has 0 saturated heterocycles. The summed E-state index contributed by atoms with van der Waals surface area (Å²) in [6.45, 7) is 9.45. The van der Waals surface area contributed by atoms with Crippen LogP contribution in [0.4, 0.5) is 4.39 Å². The molecular formula is C16H19BrFN3O2. The zero-order valence-corrected chi connectivity index (χ0v) is 15.3. The molecule has 0 radical (unpaired) electrons. The Hall–Kier alpha value is -1.76. The van der Waals surface area contributed by atoms with Crippen molar-refractivity contribution < 1.29 is 13.7 Å². The van der Waals surface area contributed by atoms with E-state index in [2.05, 4.69) is 31.4 Å². The predicted octanol–water partition coefficient (Wildman–Crippen LogP) is 3.93. The van der Waals surface area contributed by atoms with Gasteiger partial charge in [-0.05, 0) is 48.0 Å². The van der Waals surface area contributed by atoms with Crippen LogP contribution in [0.25, 0.3) is 0 Å². The molecule has 23 heavy (non-hydrogen) atoms. The van der Waals surface area contributed by atoms with Gasteiger partial charge < -0.3 is 9.84 Å². The molecule has 0 aliphatic rings. The summed E-state index contributed by atoms with van der Waals surface area (Å²) in [4.78, 5) is 16.8. The first-order chi connectivity index (χ1) is 10.5. The van der Waals surface area contributed by atoms with E-state index in [0.29, 0.717) is 21.8 Å². The second kappa shape index (κ2) is 6.03. The van der Waals surface area contributed by atoms with Crippen molar-refractivity contribution >= 4 is 21.8 Å². The molecule has 0 aliphatic carbocycles. The van der Waals surface area contributed by atoms with Crippen molar-refractivity contribution in [3.63, 3.8) is 0 Å². The number of nitrogens with one attached hydrogen (secondary N) is 1. The van der Waals surface area contributed by atoms with E-state index in [1.54, 1.807) is 13.8 Å². The lowest BCUT2D eigenvalue weighted by molar-refractivity contribution is 0.0906. The van der Waals surface area contributed by atoms with Crippen LogP contribution in [0.2, 0.25) is 0 Å². The maximum Gasteiger partial charge on any atom is 0.253 e. The second-order valence-electron chi connectivity index (χ2n) is 6.88. The summed E-state index contributed by atoms with van der Waals surface area (Å²) >= 11 is 3.19. The van der Waals surface area contributed by atoms with Crippen molar-refractivity contribution in [1.82, 2.24) is 15.5 Å². The summed E-state index contributed by atoms with van der Waals surface area (Å²) in [5, 5.41) is 6.80. The van der Waals surface area contributed by atoms with Crippen LogP contribution in [0.3, 0.4) is 0 Å².